The van der Waals surface area contributed by atoms with Crippen molar-refractivity contribution in [3.05, 3.63) is 96.2 Å². The van der Waals surface area contributed by atoms with E-state index in [2.05, 4.69) is 20.6 Å². The predicted octanol–water partition coefficient (Wildman–Crippen LogP) is 1.99. The number of aliphatic carboxylic acids is 1. The molecule has 0 aliphatic rings. The number of para-hydroxylation sites is 3. The van der Waals surface area contributed by atoms with Crippen molar-refractivity contribution in [3.63, 3.8) is 0 Å². The molecule has 0 aliphatic carbocycles. The van der Waals surface area contributed by atoms with Gasteiger partial charge in [0, 0.05) is 47.0 Å². The number of ketones is 1. The van der Waals surface area contributed by atoms with E-state index in [4.69, 9.17) is 17.2 Å². The van der Waals surface area contributed by atoms with Crippen LogP contribution in [0.15, 0.2) is 90.1 Å². The molecule has 2 unspecified atom stereocenters. The Morgan fingerprint density at radius 2 is 1.63 bits per heavy atom. The van der Waals surface area contributed by atoms with Crippen molar-refractivity contribution in [1.82, 2.24) is 10.3 Å². The molecule has 240 valence electrons. The van der Waals surface area contributed by atoms with Gasteiger partial charge in [-0.1, -0.05) is 48.5 Å². The third-order valence-electron chi connectivity index (χ3n) is 7.30. The molecule has 4 aromatic rings. The number of H-pyrrole nitrogens is 1. The monoisotopic (exact) mass is 626 g/mol. The van der Waals surface area contributed by atoms with Crippen LogP contribution in [0.5, 0.6) is 0 Å². The van der Waals surface area contributed by atoms with Gasteiger partial charge < -0.3 is 37.9 Å². The molecule has 1 heterocycles. The molecule has 2 amide bonds. The number of carbonyl (C=O) groups excluding carboxylic acids is 3. The number of amides is 2. The molecule has 4 rings (SSSR count). The molecule has 13 heteroatoms. The van der Waals surface area contributed by atoms with Crippen molar-refractivity contribution < 1.29 is 24.3 Å². The lowest BCUT2D eigenvalue weighted by Gasteiger charge is -2.27. The Kier molecular flexibility index (Phi) is 11.5. The molecule has 0 saturated heterocycles. The Labute approximate surface area is 265 Å². The van der Waals surface area contributed by atoms with Crippen molar-refractivity contribution in [2.75, 3.05) is 29.9 Å². The number of hydrogen-bond acceptors (Lipinski definition) is 7. The van der Waals surface area contributed by atoms with Crippen LogP contribution in [0.2, 0.25) is 0 Å². The molecule has 0 radical (unpaired) electrons. The Morgan fingerprint density at radius 3 is 2.37 bits per heavy atom. The first-order valence-corrected chi connectivity index (χ1v) is 14.7. The van der Waals surface area contributed by atoms with Crippen LogP contribution in [-0.4, -0.2) is 71.3 Å². The van der Waals surface area contributed by atoms with Gasteiger partial charge >= 0.3 is 5.97 Å². The minimum absolute atomic E-state index is 0.0345. The normalized spacial score (nSPS) is 12.1. The first-order valence-electron chi connectivity index (χ1n) is 14.7. The second kappa shape index (κ2) is 15.9. The SMILES string of the molecule is NC(N)=NCCCC(N)C(=O)c1ccccc1NCC(=O)NC(Cc1c[nH]c2ccccc12)C(=O)N(CC(=O)O)c1ccccc1. The number of rotatable bonds is 16. The summed E-state index contributed by atoms with van der Waals surface area (Å²) in [5.41, 5.74) is 19.6. The van der Waals surface area contributed by atoms with Crippen LogP contribution in [0.1, 0.15) is 28.8 Å². The number of aromatic amines is 1. The highest BCUT2D eigenvalue weighted by molar-refractivity contribution is 6.05. The summed E-state index contributed by atoms with van der Waals surface area (Å²) in [6.45, 7) is -0.523. The van der Waals surface area contributed by atoms with E-state index in [-0.39, 0.29) is 24.7 Å². The number of fused-ring (bicyclic) bond motifs is 1. The Morgan fingerprint density at radius 1 is 0.935 bits per heavy atom. The Bertz CT molecular complexity index is 1700. The van der Waals surface area contributed by atoms with Crippen LogP contribution < -0.4 is 32.7 Å². The summed E-state index contributed by atoms with van der Waals surface area (Å²) in [4.78, 5) is 60.4. The maximum atomic E-state index is 14.0. The number of hydrogen-bond donors (Lipinski definition) is 7. The second-order valence-corrected chi connectivity index (χ2v) is 10.7. The predicted molar refractivity (Wildman–Crippen MR) is 178 cm³/mol. The van der Waals surface area contributed by atoms with E-state index in [1.54, 1.807) is 60.8 Å². The number of nitrogens with one attached hydrogen (secondary N) is 3. The number of carbonyl (C=O) groups is 4. The quantitative estimate of drug-likeness (QED) is 0.0417. The summed E-state index contributed by atoms with van der Waals surface area (Å²) in [7, 11) is 0. The number of aliphatic imine (C=N–C) groups is 1. The zero-order valence-electron chi connectivity index (χ0n) is 25.2. The van der Waals surface area contributed by atoms with Gasteiger partial charge in [0.05, 0.1) is 12.6 Å². The zero-order valence-corrected chi connectivity index (χ0v) is 25.2. The highest BCUT2D eigenvalue weighted by Crippen LogP contribution is 2.22. The number of nitrogens with two attached hydrogens (primary N) is 3. The van der Waals surface area contributed by atoms with E-state index < -0.39 is 36.4 Å². The first-order chi connectivity index (χ1) is 22.1. The van der Waals surface area contributed by atoms with Crippen molar-refractivity contribution >= 4 is 51.8 Å². The number of carboxylic acid groups (broad SMARTS) is 1. The maximum Gasteiger partial charge on any atom is 0.323 e. The number of carboxylic acids is 1. The molecule has 0 bridgehead atoms. The van der Waals surface area contributed by atoms with Crippen molar-refractivity contribution in [3.8, 4) is 0 Å². The highest BCUT2D eigenvalue weighted by atomic mass is 16.4. The average Bonchev–Trinajstić information content (AvgIpc) is 3.46. The lowest BCUT2D eigenvalue weighted by atomic mass is 9.99. The van der Waals surface area contributed by atoms with Crippen LogP contribution in [-0.2, 0) is 20.8 Å². The fraction of sp³-hybridized carbons (Fsp3) is 0.242. The van der Waals surface area contributed by atoms with Crippen molar-refractivity contribution in [2.24, 2.45) is 22.2 Å². The fourth-order valence-electron chi connectivity index (χ4n) is 5.07. The molecular formula is C33H38N8O5. The van der Waals surface area contributed by atoms with Gasteiger partial charge in [-0.25, -0.2) is 0 Å². The molecule has 0 spiro atoms. The number of aromatic nitrogens is 1. The van der Waals surface area contributed by atoms with Crippen molar-refractivity contribution in [1.29, 1.82) is 0 Å². The standard InChI is InChI=1S/C33H38N8O5/c34-25(13-8-16-37-33(35)36)31(45)24-12-5-7-15-27(24)39-19-29(42)40-28(17-21-18-38-26-14-6-4-11-23(21)26)32(46)41(20-30(43)44)22-9-2-1-3-10-22/h1-7,9-12,14-15,18,25,28,38-39H,8,13,16-17,19-20,34H2,(H,40,42)(H,43,44)(H4,35,36,37). The molecule has 10 N–H and O–H groups in total. The first kappa shape index (κ1) is 33.2. The van der Waals surface area contributed by atoms with E-state index in [0.717, 1.165) is 21.4 Å². The Hall–Kier alpha value is -5.69. The third-order valence-corrected chi connectivity index (χ3v) is 7.30. The van der Waals surface area contributed by atoms with Crippen molar-refractivity contribution in [2.45, 2.75) is 31.3 Å². The number of anilines is 2. The van der Waals surface area contributed by atoms with Gasteiger partial charge in [-0.2, -0.15) is 0 Å². The Balaban J connectivity index is 1.51. The fourth-order valence-corrected chi connectivity index (χ4v) is 5.07. The van der Waals surface area contributed by atoms with Gasteiger partial charge in [-0.3, -0.25) is 29.1 Å². The number of guanidine groups is 1. The average molecular weight is 627 g/mol. The largest absolute Gasteiger partial charge is 0.480 e. The summed E-state index contributed by atoms with van der Waals surface area (Å²) < 4.78 is 0. The number of Topliss-reactive ketones (excluding diaryl/α,β-unsaturated/α-hetero) is 1. The van der Waals surface area contributed by atoms with Gasteiger partial charge in [-0.05, 0) is 48.7 Å². The summed E-state index contributed by atoms with van der Waals surface area (Å²) in [6.07, 6.45) is 2.73. The van der Waals surface area contributed by atoms with E-state index in [1.165, 1.54) is 0 Å². The van der Waals surface area contributed by atoms with E-state index in [0.29, 0.717) is 36.3 Å². The third kappa shape index (κ3) is 8.92. The van der Waals surface area contributed by atoms with Crippen LogP contribution in [0.3, 0.4) is 0 Å². The molecule has 3 aromatic carbocycles. The van der Waals surface area contributed by atoms with E-state index in [1.807, 2.05) is 24.3 Å². The summed E-state index contributed by atoms with van der Waals surface area (Å²) in [6, 6.07) is 20.7. The molecule has 1 aromatic heterocycles. The smallest absolute Gasteiger partial charge is 0.323 e. The maximum absolute atomic E-state index is 14.0. The number of nitrogens with zero attached hydrogens (tertiary/aromatic N) is 2. The van der Waals surface area contributed by atoms with Gasteiger partial charge in [0.25, 0.3) is 0 Å². The molecule has 0 saturated carbocycles. The minimum Gasteiger partial charge on any atom is -0.480 e. The van der Waals surface area contributed by atoms with Crippen LogP contribution in [0.25, 0.3) is 10.9 Å². The molecule has 2 atom stereocenters. The van der Waals surface area contributed by atoms with Crippen LogP contribution >= 0.6 is 0 Å². The number of benzene rings is 3. The van der Waals surface area contributed by atoms with Gasteiger partial charge in [0.2, 0.25) is 11.8 Å². The molecule has 0 fully saturated rings. The summed E-state index contributed by atoms with van der Waals surface area (Å²) >= 11 is 0. The molecule has 46 heavy (non-hydrogen) atoms. The van der Waals surface area contributed by atoms with Gasteiger partial charge in [0.1, 0.15) is 12.6 Å². The lowest BCUT2D eigenvalue weighted by molar-refractivity contribution is -0.137. The summed E-state index contributed by atoms with van der Waals surface area (Å²) in [5, 5.41) is 16.3. The van der Waals surface area contributed by atoms with Gasteiger partial charge in [0.15, 0.2) is 11.7 Å². The van der Waals surface area contributed by atoms with E-state index >= 15 is 0 Å². The van der Waals surface area contributed by atoms with Gasteiger partial charge in [-0.15, -0.1) is 0 Å². The lowest BCUT2D eigenvalue weighted by Crippen LogP contribution is -2.52. The minimum atomic E-state index is -1.20. The topological polar surface area (TPSA) is 222 Å². The molecule has 0 aliphatic heterocycles. The second-order valence-electron chi connectivity index (χ2n) is 10.7. The molecular weight excluding hydrogens is 588 g/mol. The van der Waals surface area contributed by atoms with Crippen LogP contribution in [0.4, 0.5) is 11.4 Å². The van der Waals surface area contributed by atoms with Crippen LogP contribution in [0, 0.1) is 0 Å². The highest BCUT2D eigenvalue weighted by Gasteiger charge is 2.29. The molecule has 13 nitrogen and oxygen atoms in total. The van der Waals surface area contributed by atoms with E-state index in [9.17, 15) is 24.3 Å². The zero-order chi connectivity index (χ0) is 33.1. The summed E-state index contributed by atoms with van der Waals surface area (Å²) in [5.74, 6) is -2.67.